The lowest BCUT2D eigenvalue weighted by Crippen LogP contribution is -2.19. The molecule has 0 aliphatic rings. The first-order valence-electron chi connectivity index (χ1n) is 10.3. The van der Waals surface area contributed by atoms with Crippen molar-refractivity contribution in [3.8, 4) is 17.2 Å². The van der Waals surface area contributed by atoms with Crippen LogP contribution in [0.3, 0.4) is 0 Å². The molecule has 34 heavy (non-hydrogen) atoms. The van der Waals surface area contributed by atoms with Crippen molar-refractivity contribution in [2.24, 2.45) is 5.10 Å². The zero-order valence-corrected chi connectivity index (χ0v) is 21.9. The molecular weight excluding hydrogens is 540 g/mol. The second-order valence-electron chi connectivity index (χ2n) is 7.05. The molecule has 0 atom stereocenters. The van der Waals surface area contributed by atoms with Gasteiger partial charge in [-0.05, 0) is 57.4 Å². The molecule has 1 amide bonds. The Morgan fingerprint density at radius 2 is 1.88 bits per heavy atom. The lowest BCUT2D eigenvalue weighted by molar-refractivity contribution is -0.118. The van der Waals surface area contributed by atoms with Gasteiger partial charge in [0.15, 0.2) is 11.5 Å². The van der Waals surface area contributed by atoms with Crippen molar-refractivity contribution in [3.63, 3.8) is 0 Å². The van der Waals surface area contributed by atoms with E-state index in [1.54, 1.807) is 26.5 Å². The van der Waals surface area contributed by atoms with Gasteiger partial charge in [-0.15, -0.1) is 11.8 Å². The summed E-state index contributed by atoms with van der Waals surface area (Å²) < 4.78 is 17.3. The number of nitrogens with zero attached hydrogens (tertiary/aromatic N) is 1. The average Bonchev–Trinajstić information content (AvgIpc) is 2.84. The van der Waals surface area contributed by atoms with Crippen LogP contribution in [0.5, 0.6) is 17.2 Å². The minimum Gasteiger partial charge on any atom is -0.497 e. The molecular formula is C25H24BrClN2O4S. The first kappa shape index (κ1) is 25.9. The number of carbonyl (C=O) groups excluding carboxylic acids is 1. The normalized spacial score (nSPS) is 10.8. The second kappa shape index (κ2) is 13.3. The molecule has 0 aromatic heterocycles. The van der Waals surface area contributed by atoms with Crippen molar-refractivity contribution in [1.82, 2.24) is 5.43 Å². The van der Waals surface area contributed by atoms with Gasteiger partial charge in [-0.2, -0.15) is 5.10 Å². The molecule has 0 saturated heterocycles. The lowest BCUT2D eigenvalue weighted by Gasteiger charge is -2.14. The Morgan fingerprint density at radius 3 is 2.59 bits per heavy atom. The standard InChI is InChI=1S/C25H24BrClN2O4S/c1-31-20-9-7-17(8-10-20)15-34-16-24(30)29-28-13-18-11-21(26)25(23(12-18)32-2)33-14-19-5-3-4-6-22(19)27/h3-13H,14-16H2,1-2H3,(H,29,30)/b28-13-. The van der Waals surface area contributed by atoms with Crippen LogP contribution in [0.4, 0.5) is 0 Å². The van der Waals surface area contributed by atoms with E-state index >= 15 is 0 Å². The molecule has 3 rings (SSSR count). The second-order valence-corrected chi connectivity index (χ2v) is 9.30. The van der Waals surface area contributed by atoms with E-state index in [1.165, 1.54) is 11.8 Å². The van der Waals surface area contributed by atoms with E-state index in [0.29, 0.717) is 33.4 Å². The summed E-state index contributed by atoms with van der Waals surface area (Å²) in [6.07, 6.45) is 1.55. The Bertz CT molecular complexity index is 1140. The average molecular weight is 564 g/mol. The van der Waals surface area contributed by atoms with Crippen molar-refractivity contribution in [2.75, 3.05) is 20.0 Å². The van der Waals surface area contributed by atoms with E-state index in [4.69, 9.17) is 25.8 Å². The minimum absolute atomic E-state index is 0.180. The lowest BCUT2D eigenvalue weighted by atomic mass is 10.2. The molecule has 6 nitrogen and oxygen atoms in total. The number of methoxy groups -OCH3 is 2. The number of ether oxygens (including phenoxy) is 3. The highest BCUT2D eigenvalue weighted by molar-refractivity contribution is 9.10. The van der Waals surface area contributed by atoms with Gasteiger partial charge in [0.05, 0.1) is 30.7 Å². The molecule has 0 spiro atoms. The summed E-state index contributed by atoms with van der Waals surface area (Å²) in [5, 5.41) is 4.69. The third-order valence-corrected chi connectivity index (χ3v) is 6.61. The predicted molar refractivity (Wildman–Crippen MR) is 141 cm³/mol. The highest BCUT2D eigenvalue weighted by Gasteiger charge is 2.12. The summed E-state index contributed by atoms with van der Waals surface area (Å²) in [4.78, 5) is 12.1. The van der Waals surface area contributed by atoms with Crippen LogP contribution in [0.1, 0.15) is 16.7 Å². The third kappa shape index (κ3) is 7.68. The van der Waals surface area contributed by atoms with Crippen molar-refractivity contribution in [1.29, 1.82) is 0 Å². The summed E-state index contributed by atoms with van der Waals surface area (Å²) >= 11 is 11.2. The maximum absolute atomic E-state index is 12.1. The third-order valence-electron chi connectivity index (χ3n) is 4.65. The Labute approximate surface area is 216 Å². The van der Waals surface area contributed by atoms with E-state index in [0.717, 1.165) is 28.2 Å². The number of hydrazone groups is 1. The molecule has 0 fully saturated rings. The van der Waals surface area contributed by atoms with Crippen LogP contribution in [0.25, 0.3) is 0 Å². The van der Waals surface area contributed by atoms with Gasteiger partial charge in [0.2, 0.25) is 5.91 Å². The van der Waals surface area contributed by atoms with Gasteiger partial charge in [0, 0.05) is 16.3 Å². The highest BCUT2D eigenvalue weighted by Crippen LogP contribution is 2.37. The fourth-order valence-corrected chi connectivity index (χ4v) is 4.46. The monoisotopic (exact) mass is 562 g/mol. The number of rotatable bonds is 11. The number of thioether (sulfide) groups is 1. The molecule has 0 unspecified atom stereocenters. The van der Waals surface area contributed by atoms with Gasteiger partial charge < -0.3 is 14.2 Å². The van der Waals surface area contributed by atoms with Crippen LogP contribution >= 0.6 is 39.3 Å². The van der Waals surface area contributed by atoms with E-state index in [1.807, 2.05) is 54.6 Å². The van der Waals surface area contributed by atoms with Crippen molar-refractivity contribution in [2.45, 2.75) is 12.4 Å². The zero-order chi connectivity index (χ0) is 24.3. The van der Waals surface area contributed by atoms with Gasteiger partial charge in [0.25, 0.3) is 0 Å². The molecule has 0 heterocycles. The molecule has 3 aromatic carbocycles. The van der Waals surface area contributed by atoms with Gasteiger partial charge in [-0.25, -0.2) is 5.43 Å². The van der Waals surface area contributed by atoms with Crippen LogP contribution in [-0.2, 0) is 17.2 Å². The van der Waals surface area contributed by atoms with Crippen molar-refractivity contribution in [3.05, 3.63) is 86.8 Å². The van der Waals surface area contributed by atoms with E-state index < -0.39 is 0 Å². The van der Waals surface area contributed by atoms with Crippen molar-refractivity contribution >= 4 is 51.4 Å². The molecule has 0 saturated carbocycles. The number of halogens is 2. The van der Waals surface area contributed by atoms with E-state index in [2.05, 4.69) is 26.5 Å². The van der Waals surface area contributed by atoms with E-state index in [-0.39, 0.29) is 5.91 Å². The molecule has 1 N–H and O–H groups in total. The topological polar surface area (TPSA) is 69.2 Å². The summed E-state index contributed by atoms with van der Waals surface area (Å²) in [5.41, 5.74) is 5.28. The van der Waals surface area contributed by atoms with Gasteiger partial charge in [0.1, 0.15) is 12.4 Å². The summed E-state index contributed by atoms with van der Waals surface area (Å²) in [7, 11) is 3.20. The van der Waals surface area contributed by atoms with Crippen LogP contribution in [0, 0.1) is 0 Å². The molecule has 0 bridgehead atoms. The molecule has 0 aliphatic heterocycles. The molecule has 0 aliphatic carbocycles. The van der Waals surface area contributed by atoms with Crippen LogP contribution in [0.15, 0.2) is 70.2 Å². The zero-order valence-electron chi connectivity index (χ0n) is 18.7. The maximum Gasteiger partial charge on any atom is 0.250 e. The van der Waals surface area contributed by atoms with Crippen LogP contribution in [0.2, 0.25) is 5.02 Å². The largest absolute Gasteiger partial charge is 0.497 e. The van der Waals surface area contributed by atoms with Gasteiger partial charge in [-0.3, -0.25) is 4.79 Å². The quantitative estimate of drug-likeness (QED) is 0.226. The number of hydrogen-bond donors (Lipinski definition) is 1. The smallest absolute Gasteiger partial charge is 0.250 e. The SMILES string of the molecule is COc1ccc(CSCC(=O)N/N=C\c2cc(Br)c(OCc3ccccc3Cl)c(OC)c2)cc1. The summed E-state index contributed by atoms with van der Waals surface area (Å²) in [6, 6.07) is 18.9. The predicted octanol–water partition coefficient (Wildman–Crippen LogP) is 6.08. The van der Waals surface area contributed by atoms with Gasteiger partial charge in [-0.1, -0.05) is 41.9 Å². The highest BCUT2D eigenvalue weighted by atomic mass is 79.9. The first-order valence-corrected chi connectivity index (χ1v) is 12.6. The fourth-order valence-electron chi connectivity index (χ4n) is 2.91. The van der Waals surface area contributed by atoms with E-state index in [9.17, 15) is 4.79 Å². The Kier molecular flexibility index (Phi) is 10.1. The summed E-state index contributed by atoms with van der Waals surface area (Å²) in [6.45, 7) is 0.298. The van der Waals surface area contributed by atoms with Crippen LogP contribution in [-0.4, -0.2) is 32.1 Å². The Hall–Kier alpha value is -2.68. The number of amides is 1. The first-order chi connectivity index (χ1) is 16.5. The fraction of sp³-hybridized carbons (Fsp3) is 0.200. The number of benzene rings is 3. The number of hydrogen-bond acceptors (Lipinski definition) is 6. The maximum atomic E-state index is 12.1. The van der Waals surface area contributed by atoms with Gasteiger partial charge >= 0.3 is 0 Å². The Balaban J connectivity index is 1.52. The number of nitrogens with one attached hydrogen (secondary N) is 1. The molecule has 0 radical (unpaired) electrons. The molecule has 178 valence electrons. The minimum atomic E-state index is -0.180. The molecule has 3 aromatic rings. The molecule has 9 heteroatoms. The van der Waals surface area contributed by atoms with Crippen LogP contribution < -0.4 is 19.6 Å². The van der Waals surface area contributed by atoms with Crippen molar-refractivity contribution < 1.29 is 19.0 Å². The summed E-state index contributed by atoms with van der Waals surface area (Å²) in [5.74, 6) is 2.74. The number of carbonyl (C=O) groups is 1. The Morgan fingerprint density at radius 1 is 1.12 bits per heavy atom.